The number of Topliss-reactive ketones (excluding diaryl/α,β-unsaturated/α-hetero) is 1. The quantitative estimate of drug-likeness (QED) is 0.303. The average molecular weight is 561 g/mol. The van der Waals surface area contributed by atoms with Crippen molar-refractivity contribution in [1.29, 1.82) is 0 Å². The Balaban J connectivity index is 1.68. The van der Waals surface area contributed by atoms with E-state index in [-0.39, 0.29) is 23.0 Å². The Labute approximate surface area is 218 Å². The van der Waals surface area contributed by atoms with Gasteiger partial charge in [0.2, 0.25) is 5.78 Å². The summed E-state index contributed by atoms with van der Waals surface area (Å²) in [5, 5.41) is 13.6. The fourth-order valence-electron chi connectivity index (χ4n) is 4.68. The molecule has 2 fully saturated rings. The number of ketones is 1. The molecule has 4 rings (SSSR count). The standard InChI is InChI=1S/C27H30BrFN2O5/c1-17(2)36-22-8-7-19(16-21(22)29)25(32)23-24(18-5-3-6-20(28)15-18)31(27(34)26(23)33)10-4-9-30-11-13-35-14-12-30/h3,5-8,15-17,24,32H,4,9-14H2,1-2H3. The number of likely N-dealkylation sites (tertiary alicyclic amines) is 1. The number of hydrogen-bond donors (Lipinski definition) is 1. The minimum absolute atomic E-state index is 0.000589. The summed E-state index contributed by atoms with van der Waals surface area (Å²) in [6.07, 6.45) is 0.439. The molecule has 2 heterocycles. The number of amides is 1. The van der Waals surface area contributed by atoms with Crippen LogP contribution < -0.4 is 14.7 Å². The van der Waals surface area contributed by atoms with E-state index in [4.69, 9.17) is 9.47 Å². The van der Waals surface area contributed by atoms with E-state index in [2.05, 4.69) is 15.9 Å². The number of morpholine rings is 1. The fraction of sp³-hybridized carbons (Fsp3) is 0.407. The molecular formula is C27H30BrFN2O5. The maximum atomic E-state index is 14.7. The summed E-state index contributed by atoms with van der Waals surface area (Å²) in [4.78, 5) is 29.1. The highest BCUT2D eigenvalue weighted by Gasteiger charge is 2.44. The van der Waals surface area contributed by atoms with Crippen LogP contribution in [0.3, 0.4) is 0 Å². The van der Waals surface area contributed by atoms with Gasteiger partial charge in [0.05, 0.1) is 31.9 Å². The van der Waals surface area contributed by atoms with Gasteiger partial charge in [-0.15, -0.1) is 0 Å². The maximum absolute atomic E-state index is 14.7. The molecule has 192 valence electrons. The molecule has 1 N–H and O–H groups in total. The molecule has 2 saturated heterocycles. The number of rotatable bonds is 8. The highest BCUT2D eigenvalue weighted by atomic mass is 79.9. The third kappa shape index (κ3) is 5.79. The lowest BCUT2D eigenvalue weighted by molar-refractivity contribution is -0.908. The summed E-state index contributed by atoms with van der Waals surface area (Å²) in [6, 6.07) is 10.2. The van der Waals surface area contributed by atoms with Crippen molar-refractivity contribution in [2.75, 3.05) is 39.4 Å². The van der Waals surface area contributed by atoms with Gasteiger partial charge in [0, 0.05) is 23.0 Å². The van der Waals surface area contributed by atoms with Crippen molar-refractivity contribution < 1.29 is 33.5 Å². The van der Waals surface area contributed by atoms with Crippen LogP contribution in [0.25, 0.3) is 5.76 Å². The van der Waals surface area contributed by atoms with Gasteiger partial charge >= 0.3 is 0 Å². The van der Waals surface area contributed by atoms with Crippen LogP contribution in [-0.4, -0.2) is 62.1 Å². The van der Waals surface area contributed by atoms with Gasteiger partial charge in [0.25, 0.3) is 5.91 Å². The molecule has 1 unspecified atom stereocenters. The van der Waals surface area contributed by atoms with E-state index in [0.29, 0.717) is 31.7 Å². The zero-order chi connectivity index (χ0) is 25.8. The van der Waals surface area contributed by atoms with Crippen molar-refractivity contribution in [3.63, 3.8) is 0 Å². The molecule has 0 saturated carbocycles. The lowest BCUT2D eigenvalue weighted by Gasteiger charge is -2.29. The van der Waals surface area contributed by atoms with Gasteiger partial charge in [-0.3, -0.25) is 9.59 Å². The van der Waals surface area contributed by atoms with Crippen LogP contribution >= 0.6 is 15.9 Å². The Morgan fingerprint density at radius 3 is 2.64 bits per heavy atom. The van der Waals surface area contributed by atoms with Gasteiger partial charge in [0.1, 0.15) is 13.1 Å². The molecule has 1 atom stereocenters. The van der Waals surface area contributed by atoms with E-state index in [1.807, 2.05) is 6.07 Å². The minimum atomic E-state index is -0.843. The Kier molecular flexibility index (Phi) is 8.43. The number of benzene rings is 2. The number of carbonyl (C=O) groups excluding carboxylic acids is 2. The Morgan fingerprint density at radius 2 is 1.97 bits per heavy atom. The van der Waals surface area contributed by atoms with Gasteiger partial charge in [-0.05, 0) is 49.2 Å². The number of carbonyl (C=O) groups is 2. The van der Waals surface area contributed by atoms with E-state index in [9.17, 15) is 19.1 Å². The molecule has 0 radical (unpaired) electrons. The molecule has 9 heteroatoms. The summed E-state index contributed by atoms with van der Waals surface area (Å²) < 4.78 is 26.2. The molecule has 2 aliphatic rings. The van der Waals surface area contributed by atoms with Crippen molar-refractivity contribution in [2.45, 2.75) is 32.4 Å². The first kappa shape index (κ1) is 26.3. The SMILES string of the molecule is CC(C)Oc1ccc(C([O-])=C2C(=O)C(=O)N(CCC[NH+]3CCOCC3)C2c2cccc(Br)c2)cc1F. The number of ether oxygens (including phenoxy) is 2. The molecule has 0 aliphatic carbocycles. The minimum Gasteiger partial charge on any atom is -0.872 e. The molecular weight excluding hydrogens is 531 g/mol. The summed E-state index contributed by atoms with van der Waals surface area (Å²) in [5.41, 5.74) is 0.485. The van der Waals surface area contributed by atoms with Crippen LogP contribution in [0, 0.1) is 5.82 Å². The predicted molar refractivity (Wildman–Crippen MR) is 134 cm³/mol. The van der Waals surface area contributed by atoms with Crippen molar-refractivity contribution in [1.82, 2.24) is 4.90 Å². The lowest BCUT2D eigenvalue weighted by atomic mass is 9.95. The first-order valence-corrected chi connectivity index (χ1v) is 13.0. The number of halogens is 2. The highest BCUT2D eigenvalue weighted by Crippen LogP contribution is 2.39. The third-order valence-corrected chi connectivity index (χ3v) is 6.87. The summed E-state index contributed by atoms with van der Waals surface area (Å²) in [6.45, 7) is 7.93. The van der Waals surface area contributed by atoms with Crippen LogP contribution in [0.1, 0.15) is 37.4 Å². The summed E-state index contributed by atoms with van der Waals surface area (Å²) in [7, 11) is 0. The zero-order valence-electron chi connectivity index (χ0n) is 20.4. The van der Waals surface area contributed by atoms with Crippen molar-refractivity contribution in [3.05, 3.63) is 69.5 Å². The molecule has 36 heavy (non-hydrogen) atoms. The van der Waals surface area contributed by atoms with E-state index >= 15 is 0 Å². The molecule has 2 aromatic carbocycles. The van der Waals surface area contributed by atoms with Crippen LogP contribution in [-0.2, 0) is 14.3 Å². The molecule has 0 bridgehead atoms. The average Bonchev–Trinajstić information content (AvgIpc) is 3.10. The van der Waals surface area contributed by atoms with Crippen LogP contribution in [0.5, 0.6) is 5.75 Å². The second-order valence-corrected chi connectivity index (χ2v) is 10.2. The van der Waals surface area contributed by atoms with E-state index in [1.165, 1.54) is 21.9 Å². The molecule has 0 aromatic heterocycles. The second kappa shape index (κ2) is 11.5. The van der Waals surface area contributed by atoms with Gasteiger partial charge in [-0.2, -0.15) is 0 Å². The number of quaternary nitrogens is 1. The maximum Gasteiger partial charge on any atom is 0.295 e. The summed E-state index contributed by atoms with van der Waals surface area (Å²) in [5.74, 6) is -2.88. The molecule has 2 aromatic rings. The lowest BCUT2D eigenvalue weighted by Crippen LogP contribution is -3.14. The normalized spacial score (nSPS) is 20.4. The van der Waals surface area contributed by atoms with Crippen LogP contribution in [0.4, 0.5) is 4.39 Å². The second-order valence-electron chi connectivity index (χ2n) is 9.31. The largest absolute Gasteiger partial charge is 0.872 e. The van der Waals surface area contributed by atoms with Crippen LogP contribution in [0.2, 0.25) is 0 Å². The smallest absolute Gasteiger partial charge is 0.295 e. The molecule has 7 nitrogen and oxygen atoms in total. The van der Waals surface area contributed by atoms with Crippen molar-refractivity contribution in [2.24, 2.45) is 0 Å². The zero-order valence-corrected chi connectivity index (χ0v) is 22.0. The molecule has 0 spiro atoms. The highest BCUT2D eigenvalue weighted by molar-refractivity contribution is 9.10. The van der Waals surface area contributed by atoms with Gasteiger partial charge in [-0.1, -0.05) is 39.9 Å². The Morgan fingerprint density at radius 1 is 1.22 bits per heavy atom. The van der Waals surface area contributed by atoms with Crippen molar-refractivity contribution >= 4 is 33.4 Å². The number of nitrogens with zero attached hydrogens (tertiary/aromatic N) is 1. The topological polar surface area (TPSA) is 83.3 Å². The number of hydrogen-bond acceptors (Lipinski definition) is 5. The van der Waals surface area contributed by atoms with E-state index < -0.39 is 29.3 Å². The Hall–Kier alpha value is -2.75. The third-order valence-electron chi connectivity index (χ3n) is 6.38. The predicted octanol–water partition coefficient (Wildman–Crippen LogP) is 1.90. The summed E-state index contributed by atoms with van der Waals surface area (Å²) >= 11 is 3.44. The first-order chi connectivity index (χ1) is 17.3. The molecule has 1 amide bonds. The van der Waals surface area contributed by atoms with E-state index in [1.54, 1.807) is 32.0 Å². The number of nitrogens with one attached hydrogen (secondary N) is 1. The van der Waals surface area contributed by atoms with Crippen molar-refractivity contribution in [3.8, 4) is 5.75 Å². The van der Waals surface area contributed by atoms with Gasteiger partial charge in [0.15, 0.2) is 11.6 Å². The van der Waals surface area contributed by atoms with Gasteiger partial charge < -0.3 is 24.4 Å². The van der Waals surface area contributed by atoms with Crippen LogP contribution in [0.15, 0.2) is 52.5 Å². The van der Waals surface area contributed by atoms with Gasteiger partial charge in [-0.25, -0.2) is 4.39 Å². The van der Waals surface area contributed by atoms with E-state index in [0.717, 1.165) is 30.2 Å². The fourth-order valence-corrected chi connectivity index (χ4v) is 5.10. The first-order valence-electron chi connectivity index (χ1n) is 12.2. The Bertz CT molecular complexity index is 1160. The monoisotopic (exact) mass is 560 g/mol. The molecule has 2 aliphatic heterocycles.